The highest BCUT2D eigenvalue weighted by atomic mass is 32.2. The zero-order chi connectivity index (χ0) is 18.1. The first-order chi connectivity index (χ1) is 12.6. The number of hydrogen-bond acceptors (Lipinski definition) is 4. The molecule has 0 saturated heterocycles. The monoisotopic (exact) mass is 360 g/mol. The van der Waals surface area contributed by atoms with E-state index >= 15 is 0 Å². The van der Waals surface area contributed by atoms with E-state index in [4.69, 9.17) is 0 Å². The molecular weight excluding hydrogens is 340 g/mol. The summed E-state index contributed by atoms with van der Waals surface area (Å²) < 4.78 is 5.42. The van der Waals surface area contributed by atoms with Crippen LogP contribution in [0.1, 0.15) is 16.7 Å². The second-order valence-corrected chi connectivity index (χ2v) is 7.39. The molecule has 0 aliphatic heterocycles. The molecule has 0 unspecified atom stereocenters. The van der Waals surface area contributed by atoms with Gasteiger partial charge in [-0.25, -0.2) is 9.97 Å². The Hall–Kier alpha value is -2.79. The summed E-state index contributed by atoms with van der Waals surface area (Å²) in [7, 11) is 0. The zero-order valence-corrected chi connectivity index (χ0v) is 15.8. The summed E-state index contributed by atoms with van der Waals surface area (Å²) in [5.74, 6) is 0.758. The minimum absolute atomic E-state index is 0.758. The minimum atomic E-state index is 0.758. The summed E-state index contributed by atoms with van der Waals surface area (Å²) in [6, 6.07) is 15.0. The number of nitrogens with zero attached hydrogens (tertiary/aromatic N) is 3. The highest BCUT2D eigenvalue weighted by molar-refractivity contribution is 8.00. The molecule has 2 aromatic carbocycles. The van der Waals surface area contributed by atoms with Crippen molar-refractivity contribution < 1.29 is 0 Å². The third kappa shape index (κ3) is 3.30. The molecule has 5 heteroatoms. The van der Waals surface area contributed by atoms with Crippen LogP contribution in [0.4, 0.5) is 5.82 Å². The topological polar surface area (TPSA) is 42.2 Å². The van der Waals surface area contributed by atoms with Gasteiger partial charge in [-0.3, -0.25) is 4.40 Å². The van der Waals surface area contributed by atoms with Crippen LogP contribution in [0.25, 0.3) is 16.9 Å². The van der Waals surface area contributed by atoms with Crippen molar-refractivity contribution in [1.29, 1.82) is 0 Å². The minimum Gasteiger partial charge on any atom is -0.307 e. The summed E-state index contributed by atoms with van der Waals surface area (Å²) in [5, 5.41) is 0. The van der Waals surface area contributed by atoms with Crippen molar-refractivity contribution in [2.24, 2.45) is 0 Å². The van der Waals surface area contributed by atoms with Crippen LogP contribution in [-0.2, 0) is 0 Å². The Kier molecular flexibility index (Phi) is 4.39. The van der Waals surface area contributed by atoms with Crippen molar-refractivity contribution in [3.63, 3.8) is 0 Å². The maximum atomic E-state index is 4.61. The average Bonchev–Trinajstić information content (AvgIpc) is 3.05. The van der Waals surface area contributed by atoms with Crippen molar-refractivity contribution >= 4 is 23.4 Å². The molecule has 2 heterocycles. The quantitative estimate of drug-likeness (QED) is 0.492. The van der Waals surface area contributed by atoms with Gasteiger partial charge in [-0.1, -0.05) is 34.9 Å². The summed E-state index contributed by atoms with van der Waals surface area (Å²) in [4.78, 5) is 10.2. The summed E-state index contributed by atoms with van der Waals surface area (Å²) in [6.45, 7) is 6.32. The second kappa shape index (κ2) is 6.84. The Bertz CT molecular complexity index is 1050. The Morgan fingerprint density at radius 2 is 1.62 bits per heavy atom. The van der Waals surface area contributed by atoms with Gasteiger partial charge in [0.2, 0.25) is 0 Å². The molecule has 0 saturated carbocycles. The summed E-state index contributed by atoms with van der Waals surface area (Å²) in [6.07, 6.45) is 5.67. The predicted molar refractivity (Wildman–Crippen MR) is 109 cm³/mol. The van der Waals surface area contributed by atoms with Crippen LogP contribution >= 0.6 is 11.9 Å². The van der Waals surface area contributed by atoms with Gasteiger partial charge in [-0.05, 0) is 57.0 Å². The molecule has 0 amide bonds. The molecule has 4 aromatic rings. The number of rotatable bonds is 4. The number of imidazole rings is 1. The molecule has 130 valence electrons. The molecule has 0 fully saturated rings. The fourth-order valence-corrected chi connectivity index (χ4v) is 3.67. The van der Waals surface area contributed by atoms with Crippen molar-refractivity contribution in [1.82, 2.24) is 14.4 Å². The van der Waals surface area contributed by atoms with E-state index < -0.39 is 0 Å². The number of anilines is 1. The van der Waals surface area contributed by atoms with Crippen LogP contribution in [0.5, 0.6) is 0 Å². The van der Waals surface area contributed by atoms with Crippen LogP contribution < -0.4 is 4.72 Å². The number of nitrogens with one attached hydrogen (secondary N) is 1. The highest BCUT2D eigenvalue weighted by Gasteiger charge is 2.11. The maximum absolute atomic E-state index is 4.61. The first kappa shape index (κ1) is 16.7. The van der Waals surface area contributed by atoms with Gasteiger partial charge < -0.3 is 4.72 Å². The van der Waals surface area contributed by atoms with Gasteiger partial charge in [-0.15, -0.1) is 0 Å². The standard InChI is InChI=1S/C21H20N4S/c1-14-4-6-18(7-5-14)26-24-20-21-23-13-19(25(21)9-8-22-20)17-11-15(2)10-16(3)12-17/h4-13H,1-3H3,(H,22,24). The summed E-state index contributed by atoms with van der Waals surface area (Å²) >= 11 is 1.54. The molecule has 1 N–H and O–H groups in total. The molecule has 0 spiro atoms. The number of fused-ring (bicyclic) bond motifs is 1. The molecule has 0 radical (unpaired) electrons. The van der Waals surface area contributed by atoms with Crippen LogP contribution in [0.3, 0.4) is 0 Å². The highest BCUT2D eigenvalue weighted by Crippen LogP contribution is 2.27. The van der Waals surface area contributed by atoms with Crippen LogP contribution in [0.15, 0.2) is 66.0 Å². The Morgan fingerprint density at radius 3 is 2.35 bits per heavy atom. The summed E-state index contributed by atoms with van der Waals surface area (Å²) in [5.41, 5.74) is 6.80. The van der Waals surface area contributed by atoms with Crippen molar-refractivity contribution in [3.05, 3.63) is 77.7 Å². The molecule has 4 nitrogen and oxygen atoms in total. The van der Waals surface area contributed by atoms with E-state index in [2.05, 4.69) is 82.3 Å². The van der Waals surface area contributed by atoms with E-state index in [0.29, 0.717) is 0 Å². The van der Waals surface area contributed by atoms with Gasteiger partial charge >= 0.3 is 0 Å². The van der Waals surface area contributed by atoms with Crippen LogP contribution in [-0.4, -0.2) is 14.4 Å². The maximum Gasteiger partial charge on any atom is 0.181 e. The van der Waals surface area contributed by atoms with Gasteiger partial charge in [0.05, 0.1) is 11.9 Å². The normalized spacial score (nSPS) is 11.0. The van der Waals surface area contributed by atoms with Crippen LogP contribution in [0.2, 0.25) is 0 Å². The number of benzene rings is 2. The zero-order valence-electron chi connectivity index (χ0n) is 15.0. The molecular formula is C21H20N4S. The molecule has 4 rings (SSSR count). The Morgan fingerprint density at radius 1 is 0.885 bits per heavy atom. The fraction of sp³-hybridized carbons (Fsp3) is 0.143. The molecule has 0 bridgehead atoms. The lowest BCUT2D eigenvalue weighted by Gasteiger charge is -2.08. The molecule has 0 atom stereocenters. The van der Waals surface area contributed by atoms with E-state index in [-0.39, 0.29) is 0 Å². The first-order valence-electron chi connectivity index (χ1n) is 8.50. The fourth-order valence-electron chi connectivity index (χ4n) is 3.04. The smallest absolute Gasteiger partial charge is 0.181 e. The number of aromatic nitrogens is 3. The van der Waals surface area contributed by atoms with E-state index in [1.807, 2.05) is 12.4 Å². The van der Waals surface area contributed by atoms with Crippen molar-refractivity contribution in [2.45, 2.75) is 25.7 Å². The lowest BCUT2D eigenvalue weighted by atomic mass is 10.1. The number of aryl methyl sites for hydroxylation is 3. The van der Waals surface area contributed by atoms with E-state index in [1.165, 1.54) is 22.3 Å². The van der Waals surface area contributed by atoms with Gasteiger partial charge in [-0.2, -0.15) is 0 Å². The van der Waals surface area contributed by atoms with Crippen molar-refractivity contribution in [2.75, 3.05) is 4.72 Å². The molecule has 0 aliphatic rings. The lowest BCUT2D eigenvalue weighted by Crippen LogP contribution is -1.97. The SMILES string of the molecule is Cc1ccc(SNc2nccn3c(-c4cc(C)cc(C)c4)cnc23)cc1. The van der Waals surface area contributed by atoms with Gasteiger partial charge in [0.25, 0.3) is 0 Å². The molecule has 2 aromatic heterocycles. The van der Waals surface area contributed by atoms with E-state index in [0.717, 1.165) is 22.1 Å². The van der Waals surface area contributed by atoms with E-state index in [1.54, 1.807) is 18.1 Å². The van der Waals surface area contributed by atoms with E-state index in [9.17, 15) is 0 Å². The predicted octanol–water partition coefficient (Wildman–Crippen LogP) is 5.44. The molecule has 0 aliphatic carbocycles. The third-order valence-electron chi connectivity index (χ3n) is 4.23. The molecule has 26 heavy (non-hydrogen) atoms. The first-order valence-corrected chi connectivity index (χ1v) is 9.32. The number of hydrogen-bond donors (Lipinski definition) is 1. The Balaban J connectivity index is 1.67. The van der Waals surface area contributed by atoms with Crippen LogP contribution in [0, 0.1) is 20.8 Å². The average molecular weight is 360 g/mol. The lowest BCUT2D eigenvalue weighted by molar-refractivity contribution is 1.14. The Labute approximate surface area is 157 Å². The third-order valence-corrected chi connectivity index (χ3v) is 5.04. The second-order valence-electron chi connectivity index (χ2n) is 6.51. The van der Waals surface area contributed by atoms with Gasteiger partial charge in [0.15, 0.2) is 11.5 Å². The van der Waals surface area contributed by atoms with Crippen molar-refractivity contribution in [3.8, 4) is 11.3 Å². The largest absolute Gasteiger partial charge is 0.307 e. The van der Waals surface area contributed by atoms with Gasteiger partial charge in [0.1, 0.15) is 0 Å². The van der Waals surface area contributed by atoms with Gasteiger partial charge in [0, 0.05) is 22.9 Å².